The number of carbonyl (C=O) groups excluding carboxylic acids is 1. The van der Waals surface area contributed by atoms with E-state index in [1.165, 1.54) is 16.7 Å². The van der Waals surface area contributed by atoms with Crippen LogP contribution in [0.4, 0.5) is 4.79 Å². The number of carboxylic acid groups (broad SMARTS) is 1. The minimum atomic E-state index is -1.03. The Kier molecular flexibility index (Phi) is 5.13. The first-order valence-electron chi connectivity index (χ1n) is 6.81. The number of urea groups is 1. The van der Waals surface area contributed by atoms with E-state index in [2.05, 4.69) is 10.3 Å². The van der Waals surface area contributed by atoms with Gasteiger partial charge in [-0.15, -0.1) is 11.3 Å². The number of amides is 2. The number of morpholine rings is 1. The third-order valence-electron chi connectivity index (χ3n) is 3.25. The monoisotopic (exact) mass is 313 g/mol. The van der Waals surface area contributed by atoms with Gasteiger partial charge in [-0.1, -0.05) is 0 Å². The van der Waals surface area contributed by atoms with Gasteiger partial charge in [-0.05, 0) is 13.8 Å². The highest BCUT2D eigenvalue weighted by molar-refractivity contribution is 7.09. The summed E-state index contributed by atoms with van der Waals surface area (Å²) in [5, 5.41) is 13.8. The number of aromatic nitrogens is 1. The van der Waals surface area contributed by atoms with Gasteiger partial charge in [0.1, 0.15) is 0 Å². The molecule has 2 rings (SSSR count). The normalized spacial score (nSPS) is 22.1. The van der Waals surface area contributed by atoms with Gasteiger partial charge in [-0.25, -0.2) is 14.6 Å². The van der Waals surface area contributed by atoms with E-state index >= 15 is 0 Å². The summed E-state index contributed by atoms with van der Waals surface area (Å²) in [4.78, 5) is 28.6. The third-order valence-corrected chi connectivity index (χ3v) is 4.16. The van der Waals surface area contributed by atoms with Gasteiger partial charge in [0.2, 0.25) is 0 Å². The topological polar surface area (TPSA) is 91.8 Å². The second-order valence-electron chi connectivity index (χ2n) is 5.06. The van der Waals surface area contributed by atoms with Gasteiger partial charge >= 0.3 is 12.0 Å². The molecule has 0 aliphatic carbocycles. The van der Waals surface area contributed by atoms with Crippen LogP contribution in [0.2, 0.25) is 0 Å². The Bertz CT molecular complexity index is 519. The number of carboxylic acids is 1. The summed E-state index contributed by atoms with van der Waals surface area (Å²) >= 11 is 1.29. The van der Waals surface area contributed by atoms with Crippen molar-refractivity contribution in [2.24, 2.45) is 0 Å². The van der Waals surface area contributed by atoms with Crippen LogP contribution in [0.5, 0.6) is 0 Å². The maximum absolute atomic E-state index is 12.1. The van der Waals surface area contributed by atoms with Gasteiger partial charge in [0.25, 0.3) is 0 Å². The largest absolute Gasteiger partial charge is 0.476 e. The van der Waals surface area contributed by atoms with Crippen LogP contribution in [0.1, 0.15) is 29.3 Å². The summed E-state index contributed by atoms with van der Waals surface area (Å²) < 4.78 is 5.48. The van der Waals surface area contributed by atoms with E-state index in [-0.39, 0.29) is 23.9 Å². The highest BCUT2D eigenvalue weighted by atomic mass is 32.1. The molecule has 2 N–H and O–H groups in total. The molecule has 0 spiro atoms. The van der Waals surface area contributed by atoms with E-state index in [1.54, 1.807) is 4.90 Å². The molecule has 2 atom stereocenters. The Labute approximate surface area is 126 Å². The summed E-state index contributed by atoms with van der Waals surface area (Å²) in [5.41, 5.74) is 0.0527. The van der Waals surface area contributed by atoms with Crippen molar-refractivity contribution in [2.75, 3.05) is 19.7 Å². The van der Waals surface area contributed by atoms with Crippen molar-refractivity contribution in [1.29, 1.82) is 0 Å². The molecule has 1 fully saturated rings. The highest BCUT2D eigenvalue weighted by Crippen LogP contribution is 2.12. The molecule has 7 nitrogen and oxygen atoms in total. The SMILES string of the molecule is CC1CN(C(=O)NCCc2nc(C(=O)O)cs2)C(C)CO1. The zero-order chi connectivity index (χ0) is 15.4. The van der Waals surface area contributed by atoms with E-state index in [0.29, 0.717) is 31.1 Å². The van der Waals surface area contributed by atoms with E-state index in [4.69, 9.17) is 9.84 Å². The van der Waals surface area contributed by atoms with Crippen molar-refractivity contribution in [3.63, 3.8) is 0 Å². The summed E-state index contributed by atoms with van der Waals surface area (Å²) in [5.74, 6) is -1.03. The Morgan fingerprint density at radius 3 is 3.00 bits per heavy atom. The molecule has 0 aromatic carbocycles. The van der Waals surface area contributed by atoms with E-state index in [1.807, 2.05) is 13.8 Å². The van der Waals surface area contributed by atoms with Gasteiger partial charge in [-0.2, -0.15) is 0 Å². The number of rotatable bonds is 4. The fourth-order valence-corrected chi connectivity index (χ4v) is 2.86. The lowest BCUT2D eigenvalue weighted by Gasteiger charge is -2.36. The zero-order valence-electron chi connectivity index (χ0n) is 12.0. The Morgan fingerprint density at radius 2 is 2.33 bits per heavy atom. The minimum Gasteiger partial charge on any atom is -0.476 e. The van der Waals surface area contributed by atoms with Crippen LogP contribution in [-0.4, -0.2) is 58.8 Å². The Hall–Kier alpha value is -1.67. The molecule has 21 heavy (non-hydrogen) atoms. The zero-order valence-corrected chi connectivity index (χ0v) is 12.9. The predicted octanol–water partition coefficient (Wildman–Crippen LogP) is 1.20. The van der Waals surface area contributed by atoms with Crippen LogP contribution in [0, 0.1) is 0 Å². The van der Waals surface area contributed by atoms with Gasteiger partial charge in [0, 0.05) is 24.9 Å². The standard InChI is InChI=1S/C13H19N3O4S/c1-8-6-20-9(2)5-16(8)13(19)14-4-3-11-15-10(7-21-11)12(17)18/h7-9H,3-6H2,1-2H3,(H,14,19)(H,17,18). The Balaban J connectivity index is 1.79. The molecule has 0 saturated carbocycles. The number of nitrogens with zero attached hydrogens (tertiary/aromatic N) is 2. The van der Waals surface area contributed by atoms with E-state index in [0.717, 1.165) is 0 Å². The van der Waals surface area contributed by atoms with Crippen LogP contribution in [-0.2, 0) is 11.2 Å². The van der Waals surface area contributed by atoms with Crippen molar-refractivity contribution in [3.05, 3.63) is 16.1 Å². The number of ether oxygens (including phenoxy) is 1. The van der Waals surface area contributed by atoms with Crippen molar-refractivity contribution >= 4 is 23.3 Å². The summed E-state index contributed by atoms with van der Waals surface area (Å²) in [6, 6.07) is -0.0626. The number of hydrogen-bond acceptors (Lipinski definition) is 5. The first-order chi connectivity index (χ1) is 9.97. The molecule has 8 heteroatoms. The first-order valence-corrected chi connectivity index (χ1v) is 7.69. The molecular weight excluding hydrogens is 294 g/mol. The van der Waals surface area contributed by atoms with Crippen molar-refractivity contribution < 1.29 is 19.4 Å². The number of hydrogen-bond donors (Lipinski definition) is 2. The molecular formula is C13H19N3O4S. The smallest absolute Gasteiger partial charge is 0.355 e. The summed E-state index contributed by atoms with van der Waals surface area (Å²) in [6.07, 6.45) is 0.571. The number of nitrogens with one attached hydrogen (secondary N) is 1. The van der Waals surface area contributed by atoms with Crippen molar-refractivity contribution in [3.8, 4) is 0 Å². The molecule has 2 unspecified atom stereocenters. The number of aromatic carboxylic acids is 1. The van der Waals surface area contributed by atoms with Crippen LogP contribution in [0.3, 0.4) is 0 Å². The second kappa shape index (κ2) is 6.86. The molecule has 116 valence electrons. The van der Waals surface area contributed by atoms with Crippen LogP contribution >= 0.6 is 11.3 Å². The fraction of sp³-hybridized carbons (Fsp3) is 0.615. The predicted molar refractivity (Wildman–Crippen MR) is 77.8 cm³/mol. The number of thiazole rings is 1. The average Bonchev–Trinajstić information content (AvgIpc) is 2.90. The molecule has 0 radical (unpaired) electrons. The van der Waals surface area contributed by atoms with Gasteiger partial charge in [-0.3, -0.25) is 0 Å². The Morgan fingerprint density at radius 1 is 1.57 bits per heavy atom. The van der Waals surface area contributed by atoms with Gasteiger partial charge < -0.3 is 20.1 Å². The molecule has 1 aromatic rings. The minimum absolute atomic E-state index is 0.0454. The number of carbonyl (C=O) groups is 2. The maximum Gasteiger partial charge on any atom is 0.355 e. The lowest BCUT2D eigenvalue weighted by Crippen LogP contribution is -2.53. The fourth-order valence-electron chi connectivity index (χ4n) is 2.09. The van der Waals surface area contributed by atoms with Crippen LogP contribution < -0.4 is 5.32 Å². The molecule has 1 aromatic heterocycles. The third kappa shape index (κ3) is 4.15. The van der Waals surface area contributed by atoms with Gasteiger partial charge in [0.15, 0.2) is 5.69 Å². The van der Waals surface area contributed by atoms with Crippen molar-refractivity contribution in [2.45, 2.75) is 32.4 Å². The van der Waals surface area contributed by atoms with Gasteiger partial charge in [0.05, 0.1) is 23.8 Å². The molecule has 2 amide bonds. The average molecular weight is 313 g/mol. The first kappa shape index (κ1) is 15.7. The van der Waals surface area contributed by atoms with Crippen LogP contribution in [0.25, 0.3) is 0 Å². The lowest BCUT2D eigenvalue weighted by molar-refractivity contribution is -0.0317. The van der Waals surface area contributed by atoms with E-state index in [9.17, 15) is 9.59 Å². The molecule has 0 bridgehead atoms. The second-order valence-corrected chi connectivity index (χ2v) is 6.00. The molecule has 2 heterocycles. The molecule has 1 aliphatic rings. The summed E-state index contributed by atoms with van der Waals surface area (Å²) in [6.45, 7) is 5.45. The lowest BCUT2D eigenvalue weighted by atomic mass is 10.2. The van der Waals surface area contributed by atoms with Crippen molar-refractivity contribution in [1.82, 2.24) is 15.2 Å². The molecule has 1 saturated heterocycles. The highest BCUT2D eigenvalue weighted by Gasteiger charge is 2.27. The molecule has 1 aliphatic heterocycles. The quantitative estimate of drug-likeness (QED) is 0.871. The maximum atomic E-state index is 12.1. The summed E-state index contributed by atoms with van der Waals surface area (Å²) in [7, 11) is 0. The van der Waals surface area contributed by atoms with Crippen LogP contribution in [0.15, 0.2) is 5.38 Å². The van der Waals surface area contributed by atoms with E-state index < -0.39 is 5.97 Å².